The van der Waals surface area contributed by atoms with E-state index in [4.69, 9.17) is 4.74 Å². The Morgan fingerprint density at radius 1 is 1.28 bits per heavy atom. The zero-order valence-electron chi connectivity index (χ0n) is 15.9. The van der Waals surface area contributed by atoms with Gasteiger partial charge in [-0.05, 0) is 31.0 Å². The minimum atomic E-state index is -1.14. The molecule has 1 aromatic carbocycles. The van der Waals surface area contributed by atoms with Crippen molar-refractivity contribution in [1.82, 2.24) is 15.1 Å². The van der Waals surface area contributed by atoms with Crippen molar-refractivity contribution < 1.29 is 28.6 Å². The Labute approximate surface area is 166 Å². The second-order valence-electron chi connectivity index (χ2n) is 7.55. The van der Waals surface area contributed by atoms with Crippen molar-refractivity contribution in [3.05, 3.63) is 47.1 Å². The van der Waals surface area contributed by atoms with Crippen molar-refractivity contribution in [2.24, 2.45) is 5.92 Å². The van der Waals surface area contributed by atoms with E-state index in [-0.39, 0.29) is 37.3 Å². The third-order valence-electron chi connectivity index (χ3n) is 5.54. The molecule has 2 amide bonds. The molecule has 2 fully saturated rings. The molecular weight excluding hydrogens is 381 g/mol. The van der Waals surface area contributed by atoms with Gasteiger partial charge in [-0.2, -0.15) is 0 Å². The molecule has 0 saturated carbocycles. The first-order chi connectivity index (χ1) is 13.8. The van der Waals surface area contributed by atoms with Gasteiger partial charge in [0.25, 0.3) is 5.91 Å². The average Bonchev–Trinajstić information content (AvgIpc) is 2.69. The van der Waals surface area contributed by atoms with Crippen molar-refractivity contribution in [3.63, 3.8) is 0 Å². The SMILES string of the molecule is C[C@@H]1CCN2C(=O)C3=C(O)C(=O)C(C(=O)NCc4ccc(F)cc4)CN3C[C@@H]2O1. The molecule has 3 heterocycles. The lowest BCUT2D eigenvalue weighted by atomic mass is 9.93. The molecule has 3 aliphatic rings. The minimum absolute atomic E-state index is 0.00408. The number of hydrogen-bond donors (Lipinski definition) is 2. The van der Waals surface area contributed by atoms with E-state index in [0.29, 0.717) is 18.5 Å². The van der Waals surface area contributed by atoms with Gasteiger partial charge in [0.1, 0.15) is 17.4 Å². The molecule has 2 saturated heterocycles. The van der Waals surface area contributed by atoms with Crippen molar-refractivity contribution in [1.29, 1.82) is 0 Å². The number of allylic oxidation sites excluding steroid dienone is 1. The van der Waals surface area contributed by atoms with Crippen LogP contribution in [0.15, 0.2) is 35.7 Å². The van der Waals surface area contributed by atoms with Gasteiger partial charge in [0.05, 0.1) is 12.6 Å². The van der Waals surface area contributed by atoms with Crippen LogP contribution in [0.4, 0.5) is 4.39 Å². The summed E-state index contributed by atoms with van der Waals surface area (Å²) in [6.45, 7) is 2.81. The quantitative estimate of drug-likeness (QED) is 0.721. The van der Waals surface area contributed by atoms with Crippen molar-refractivity contribution in [2.75, 3.05) is 19.6 Å². The van der Waals surface area contributed by atoms with Crippen LogP contribution in [0, 0.1) is 11.7 Å². The summed E-state index contributed by atoms with van der Waals surface area (Å²) in [5, 5.41) is 13.0. The summed E-state index contributed by atoms with van der Waals surface area (Å²) in [7, 11) is 0. The summed E-state index contributed by atoms with van der Waals surface area (Å²) in [5.41, 5.74) is 0.615. The van der Waals surface area contributed by atoms with Gasteiger partial charge in [0.2, 0.25) is 11.7 Å². The number of nitrogens with zero attached hydrogens (tertiary/aromatic N) is 2. The van der Waals surface area contributed by atoms with Gasteiger partial charge in [0, 0.05) is 19.6 Å². The summed E-state index contributed by atoms with van der Waals surface area (Å²) in [6, 6.07) is 5.63. The molecule has 8 nitrogen and oxygen atoms in total. The molecule has 1 unspecified atom stereocenters. The number of rotatable bonds is 3. The van der Waals surface area contributed by atoms with Crippen LogP contribution >= 0.6 is 0 Å². The highest BCUT2D eigenvalue weighted by molar-refractivity contribution is 6.13. The molecule has 0 spiro atoms. The number of aliphatic hydroxyl groups excluding tert-OH is 1. The molecule has 3 atom stereocenters. The molecule has 9 heteroatoms. The van der Waals surface area contributed by atoms with E-state index < -0.39 is 35.5 Å². The fourth-order valence-electron chi connectivity index (χ4n) is 3.92. The zero-order chi connectivity index (χ0) is 20.7. The average molecular weight is 403 g/mol. The Morgan fingerprint density at radius 3 is 2.72 bits per heavy atom. The third kappa shape index (κ3) is 3.57. The predicted molar refractivity (Wildman–Crippen MR) is 98.6 cm³/mol. The number of nitrogens with one attached hydrogen (secondary N) is 1. The molecular formula is C20H22FN3O5. The number of hydrogen-bond acceptors (Lipinski definition) is 6. The fraction of sp³-hybridized carbons (Fsp3) is 0.450. The van der Waals surface area contributed by atoms with E-state index in [1.165, 1.54) is 29.2 Å². The summed E-state index contributed by atoms with van der Waals surface area (Å²) >= 11 is 0. The molecule has 4 rings (SSSR count). The van der Waals surface area contributed by atoms with Crippen LogP contribution < -0.4 is 5.32 Å². The number of piperazine rings is 1. The number of aliphatic hydroxyl groups is 1. The van der Waals surface area contributed by atoms with E-state index in [1.54, 1.807) is 4.90 Å². The number of ether oxygens (including phenoxy) is 1. The molecule has 2 N–H and O–H groups in total. The first-order valence-electron chi connectivity index (χ1n) is 9.56. The van der Waals surface area contributed by atoms with Crippen molar-refractivity contribution in [2.45, 2.75) is 32.2 Å². The Bertz CT molecular complexity index is 885. The normalized spacial score (nSPS) is 26.9. The van der Waals surface area contributed by atoms with Crippen LogP contribution in [0.3, 0.4) is 0 Å². The number of benzene rings is 1. The van der Waals surface area contributed by atoms with Crippen LogP contribution in [0.1, 0.15) is 18.9 Å². The van der Waals surface area contributed by atoms with E-state index in [9.17, 15) is 23.9 Å². The minimum Gasteiger partial charge on any atom is -0.503 e. The highest BCUT2D eigenvalue weighted by atomic mass is 19.1. The number of halogens is 1. The van der Waals surface area contributed by atoms with Crippen molar-refractivity contribution in [3.8, 4) is 0 Å². The zero-order valence-corrected chi connectivity index (χ0v) is 15.9. The predicted octanol–water partition coefficient (Wildman–Crippen LogP) is 0.690. The first-order valence-corrected chi connectivity index (χ1v) is 9.56. The maximum Gasteiger partial charge on any atom is 0.276 e. The lowest BCUT2D eigenvalue weighted by Gasteiger charge is -2.48. The van der Waals surface area contributed by atoms with Crippen LogP contribution in [0.2, 0.25) is 0 Å². The Balaban J connectivity index is 1.49. The van der Waals surface area contributed by atoms with Gasteiger partial charge >= 0.3 is 0 Å². The summed E-state index contributed by atoms with van der Waals surface area (Å²) in [4.78, 5) is 41.0. The highest BCUT2D eigenvalue weighted by Gasteiger charge is 2.48. The lowest BCUT2D eigenvalue weighted by molar-refractivity contribution is -0.178. The topological polar surface area (TPSA) is 99.2 Å². The van der Waals surface area contributed by atoms with Crippen molar-refractivity contribution >= 4 is 17.6 Å². The second kappa shape index (κ2) is 7.47. The van der Waals surface area contributed by atoms with Gasteiger partial charge < -0.3 is 25.0 Å². The monoisotopic (exact) mass is 403 g/mol. The number of fused-ring (bicyclic) bond motifs is 2. The Hall–Kier alpha value is -2.94. The molecule has 0 radical (unpaired) electrons. The summed E-state index contributed by atoms with van der Waals surface area (Å²) in [6.07, 6.45) is 0.210. The number of Topliss-reactive ketones (excluding diaryl/α,β-unsaturated/α-hetero) is 1. The number of amides is 2. The van der Waals surface area contributed by atoms with Crippen LogP contribution in [-0.2, 0) is 25.7 Å². The van der Waals surface area contributed by atoms with Gasteiger partial charge in [-0.15, -0.1) is 0 Å². The van der Waals surface area contributed by atoms with Gasteiger partial charge in [-0.25, -0.2) is 4.39 Å². The van der Waals surface area contributed by atoms with E-state index in [2.05, 4.69) is 5.32 Å². The molecule has 1 aromatic rings. The molecule has 3 aliphatic heterocycles. The molecule has 29 heavy (non-hydrogen) atoms. The fourth-order valence-corrected chi connectivity index (χ4v) is 3.92. The molecule has 154 valence electrons. The summed E-state index contributed by atoms with van der Waals surface area (Å²) in [5.74, 6) is -3.99. The number of carbonyl (C=O) groups excluding carboxylic acids is 3. The van der Waals surface area contributed by atoms with Gasteiger partial charge in [-0.3, -0.25) is 14.4 Å². The Morgan fingerprint density at radius 2 is 2.00 bits per heavy atom. The second-order valence-corrected chi connectivity index (χ2v) is 7.55. The Kier molecular flexibility index (Phi) is 4.99. The number of carbonyl (C=O) groups is 3. The number of ketones is 1. The first kappa shape index (κ1) is 19.4. The maximum absolute atomic E-state index is 13.0. The van der Waals surface area contributed by atoms with Gasteiger partial charge in [0.15, 0.2) is 12.0 Å². The standard InChI is InChI=1S/C20H22FN3O5/c1-11-6-7-24-15(29-11)10-23-9-14(17(25)18(26)16(23)20(24)28)19(27)22-8-12-2-4-13(21)5-3-12/h2-5,11,14-15,26H,6-10H2,1H3,(H,22,27)/t11-,14?,15+/m1/s1. The smallest absolute Gasteiger partial charge is 0.276 e. The highest BCUT2D eigenvalue weighted by Crippen LogP contribution is 2.31. The maximum atomic E-state index is 13.0. The van der Waals surface area contributed by atoms with Crippen LogP contribution in [0.5, 0.6) is 0 Å². The van der Waals surface area contributed by atoms with Crippen LogP contribution in [-0.4, -0.2) is 64.5 Å². The van der Waals surface area contributed by atoms with E-state index >= 15 is 0 Å². The molecule has 0 aliphatic carbocycles. The third-order valence-corrected chi connectivity index (χ3v) is 5.54. The molecule has 0 aromatic heterocycles. The van der Waals surface area contributed by atoms with Crippen LogP contribution in [0.25, 0.3) is 0 Å². The molecule has 0 bridgehead atoms. The van der Waals surface area contributed by atoms with Gasteiger partial charge in [-0.1, -0.05) is 12.1 Å². The van der Waals surface area contributed by atoms with E-state index in [1.807, 2.05) is 6.92 Å². The summed E-state index contributed by atoms with van der Waals surface area (Å²) < 4.78 is 18.8. The van der Waals surface area contributed by atoms with E-state index in [0.717, 1.165) is 0 Å². The lowest BCUT2D eigenvalue weighted by Crippen LogP contribution is -2.62. The largest absolute Gasteiger partial charge is 0.503 e.